The van der Waals surface area contributed by atoms with Crippen LogP contribution in [0.4, 0.5) is 0 Å². The lowest BCUT2D eigenvalue weighted by molar-refractivity contribution is 0.104. The van der Waals surface area contributed by atoms with Crippen molar-refractivity contribution in [2.24, 2.45) is 4.99 Å². The molecule has 0 spiro atoms. The summed E-state index contributed by atoms with van der Waals surface area (Å²) in [7, 11) is 0. The molecule has 0 saturated carbocycles. The van der Waals surface area contributed by atoms with Gasteiger partial charge in [-0.1, -0.05) is 42.5 Å². The van der Waals surface area contributed by atoms with Crippen LogP contribution in [0.1, 0.15) is 27.2 Å². The monoisotopic (exact) mass is 316 g/mol. The maximum Gasteiger partial charge on any atom is 0.211 e. The molecule has 4 rings (SSSR count). The zero-order valence-electron chi connectivity index (χ0n) is 13.0. The van der Waals surface area contributed by atoms with Crippen LogP contribution in [0.3, 0.4) is 0 Å². The number of aromatic hydroxyl groups is 1. The zero-order valence-corrected chi connectivity index (χ0v) is 13.0. The number of fused-ring (bicyclic) bond motifs is 3. The molecule has 0 fully saturated rings. The van der Waals surface area contributed by atoms with Crippen LogP contribution in [0, 0.1) is 0 Å². The summed E-state index contributed by atoms with van der Waals surface area (Å²) in [6.45, 7) is 0.633. The van der Waals surface area contributed by atoms with Gasteiger partial charge in [-0.25, -0.2) is 0 Å². The van der Waals surface area contributed by atoms with E-state index in [1.54, 1.807) is 22.9 Å². The number of hydrogen-bond donors (Lipinski definition) is 1. The second-order valence-electron chi connectivity index (χ2n) is 5.76. The molecule has 0 amide bonds. The van der Waals surface area contributed by atoms with Crippen molar-refractivity contribution in [3.63, 3.8) is 0 Å². The van der Waals surface area contributed by atoms with E-state index in [4.69, 9.17) is 0 Å². The van der Waals surface area contributed by atoms with Gasteiger partial charge < -0.3 is 5.11 Å². The maximum atomic E-state index is 12.4. The molecule has 0 unspecified atom stereocenters. The average Bonchev–Trinajstić information content (AvgIpc) is 3.09. The number of para-hydroxylation sites is 1. The summed E-state index contributed by atoms with van der Waals surface area (Å²) in [6, 6.07) is 19.1. The van der Waals surface area contributed by atoms with Crippen molar-refractivity contribution in [1.29, 1.82) is 0 Å². The minimum Gasteiger partial charge on any atom is -0.494 e. The van der Waals surface area contributed by atoms with Gasteiger partial charge in [-0.05, 0) is 30.2 Å². The SMILES string of the molecule is O=C1c2ccccc2-n2c1cc(C=NCCc1ccccc1)c2O. The van der Waals surface area contributed by atoms with Gasteiger partial charge in [0.1, 0.15) is 0 Å². The predicted molar refractivity (Wildman–Crippen MR) is 93.5 cm³/mol. The number of aliphatic imine (C=N–C) groups is 1. The van der Waals surface area contributed by atoms with E-state index in [0.29, 0.717) is 23.4 Å². The second kappa shape index (κ2) is 5.81. The molecular weight excluding hydrogens is 300 g/mol. The number of nitrogens with zero attached hydrogens (tertiary/aromatic N) is 2. The normalized spacial score (nSPS) is 12.6. The van der Waals surface area contributed by atoms with Crippen molar-refractivity contribution in [1.82, 2.24) is 4.57 Å². The fourth-order valence-electron chi connectivity index (χ4n) is 3.03. The topological polar surface area (TPSA) is 54.6 Å². The standard InChI is InChI=1S/C20H16N2O2/c23-19-16-8-4-5-9-17(16)22-18(19)12-15(20(22)24)13-21-11-10-14-6-2-1-3-7-14/h1-9,12-13,24H,10-11H2. The summed E-state index contributed by atoms with van der Waals surface area (Å²) in [4.78, 5) is 16.8. The van der Waals surface area contributed by atoms with Gasteiger partial charge in [-0.15, -0.1) is 0 Å². The molecule has 2 heterocycles. The highest BCUT2D eigenvalue weighted by atomic mass is 16.3. The molecule has 4 heteroatoms. The molecular formula is C20H16N2O2. The van der Waals surface area contributed by atoms with Crippen molar-refractivity contribution in [3.8, 4) is 11.6 Å². The van der Waals surface area contributed by atoms with E-state index < -0.39 is 0 Å². The van der Waals surface area contributed by atoms with Crippen LogP contribution in [-0.4, -0.2) is 28.2 Å². The molecule has 118 valence electrons. The Kier molecular flexibility index (Phi) is 3.50. The lowest BCUT2D eigenvalue weighted by Crippen LogP contribution is -1.94. The molecule has 0 bridgehead atoms. The smallest absolute Gasteiger partial charge is 0.211 e. The highest BCUT2D eigenvalue weighted by molar-refractivity contribution is 6.15. The molecule has 4 nitrogen and oxygen atoms in total. The van der Waals surface area contributed by atoms with Crippen molar-refractivity contribution >= 4 is 12.0 Å². The summed E-state index contributed by atoms with van der Waals surface area (Å²) in [5, 5.41) is 10.5. The van der Waals surface area contributed by atoms with E-state index in [2.05, 4.69) is 17.1 Å². The van der Waals surface area contributed by atoms with Crippen LogP contribution in [0.2, 0.25) is 0 Å². The summed E-state index contributed by atoms with van der Waals surface area (Å²) >= 11 is 0. The number of carbonyl (C=O) groups excluding carboxylic acids is 1. The first-order valence-corrected chi connectivity index (χ1v) is 7.88. The number of aromatic nitrogens is 1. The van der Waals surface area contributed by atoms with E-state index in [9.17, 15) is 9.90 Å². The van der Waals surface area contributed by atoms with Crippen LogP contribution in [0.5, 0.6) is 5.88 Å². The molecule has 0 atom stereocenters. The number of ketones is 1. The Hall–Kier alpha value is -3.14. The van der Waals surface area contributed by atoms with Gasteiger partial charge in [-0.2, -0.15) is 0 Å². The third-order valence-electron chi connectivity index (χ3n) is 4.23. The van der Waals surface area contributed by atoms with E-state index in [1.807, 2.05) is 36.4 Å². The zero-order chi connectivity index (χ0) is 16.5. The molecule has 1 aromatic heterocycles. The lowest BCUT2D eigenvalue weighted by Gasteiger charge is -2.03. The predicted octanol–water partition coefficient (Wildman–Crippen LogP) is 3.39. The Bertz CT molecular complexity index is 940. The summed E-state index contributed by atoms with van der Waals surface area (Å²) in [5.41, 5.74) is 3.62. The first kappa shape index (κ1) is 14.5. The van der Waals surface area contributed by atoms with Gasteiger partial charge in [0.25, 0.3) is 0 Å². The third-order valence-corrected chi connectivity index (χ3v) is 4.23. The second-order valence-corrected chi connectivity index (χ2v) is 5.76. The molecule has 0 saturated heterocycles. The van der Waals surface area contributed by atoms with Crippen LogP contribution < -0.4 is 0 Å². The van der Waals surface area contributed by atoms with Crippen molar-refractivity contribution in [2.75, 3.05) is 6.54 Å². The minimum atomic E-state index is -0.0650. The largest absolute Gasteiger partial charge is 0.494 e. The highest BCUT2D eigenvalue weighted by Gasteiger charge is 2.30. The van der Waals surface area contributed by atoms with Crippen LogP contribution in [0.25, 0.3) is 5.69 Å². The van der Waals surface area contributed by atoms with Gasteiger partial charge in [0.2, 0.25) is 11.7 Å². The minimum absolute atomic E-state index is 0.0618. The first-order chi connectivity index (χ1) is 11.8. The van der Waals surface area contributed by atoms with Gasteiger partial charge >= 0.3 is 0 Å². The molecule has 24 heavy (non-hydrogen) atoms. The third kappa shape index (κ3) is 2.33. The average molecular weight is 316 g/mol. The number of hydrogen-bond acceptors (Lipinski definition) is 3. The number of rotatable bonds is 4. The number of carbonyl (C=O) groups is 1. The van der Waals surface area contributed by atoms with E-state index in [1.165, 1.54) is 5.56 Å². The van der Waals surface area contributed by atoms with E-state index >= 15 is 0 Å². The quantitative estimate of drug-likeness (QED) is 0.587. The lowest BCUT2D eigenvalue weighted by atomic mass is 10.1. The van der Waals surface area contributed by atoms with Crippen molar-refractivity contribution < 1.29 is 9.90 Å². The number of benzene rings is 2. The highest BCUT2D eigenvalue weighted by Crippen LogP contribution is 2.35. The fourth-order valence-corrected chi connectivity index (χ4v) is 3.03. The Morgan fingerprint density at radius 3 is 2.62 bits per heavy atom. The van der Waals surface area contributed by atoms with Gasteiger partial charge in [0.05, 0.1) is 16.9 Å². The maximum absolute atomic E-state index is 12.4. The first-order valence-electron chi connectivity index (χ1n) is 7.88. The van der Waals surface area contributed by atoms with E-state index in [0.717, 1.165) is 12.1 Å². The molecule has 1 aliphatic heterocycles. The van der Waals surface area contributed by atoms with Crippen LogP contribution in [-0.2, 0) is 6.42 Å². The Morgan fingerprint density at radius 2 is 1.79 bits per heavy atom. The Labute approximate surface area is 139 Å². The molecule has 0 radical (unpaired) electrons. The molecule has 3 aromatic rings. The summed E-state index contributed by atoms with van der Waals surface area (Å²) in [6.07, 6.45) is 2.48. The summed E-state index contributed by atoms with van der Waals surface area (Å²) in [5.74, 6) is -0.00315. The van der Waals surface area contributed by atoms with Crippen molar-refractivity contribution in [3.05, 3.63) is 83.0 Å². The van der Waals surface area contributed by atoms with Crippen molar-refractivity contribution in [2.45, 2.75) is 6.42 Å². The van der Waals surface area contributed by atoms with Gasteiger partial charge in [0, 0.05) is 18.3 Å². The van der Waals surface area contributed by atoms with Gasteiger partial charge in [0.15, 0.2) is 0 Å². The van der Waals surface area contributed by atoms with E-state index in [-0.39, 0.29) is 11.7 Å². The van der Waals surface area contributed by atoms with Crippen LogP contribution in [0.15, 0.2) is 65.7 Å². The summed E-state index contributed by atoms with van der Waals surface area (Å²) < 4.78 is 1.59. The Balaban J connectivity index is 1.56. The fraction of sp³-hybridized carbons (Fsp3) is 0.100. The molecule has 1 N–H and O–H groups in total. The van der Waals surface area contributed by atoms with Crippen LogP contribution >= 0.6 is 0 Å². The molecule has 2 aromatic carbocycles. The molecule has 1 aliphatic rings. The molecule has 0 aliphatic carbocycles. The van der Waals surface area contributed by atoms with Gasteiger partial charge in [-0.3, -0.25) is 14.4 Å². The Morgan fingerprint density at radius 1 is 1.04 bits per heavy atom.